The zero-order chi connectivity index (χ0) is 21.0. The van der Waals surface area contributed by atoms with Crippen molar-refractivity contribution in [3.63, 3.8) is 0 Å². The summed E-state index contributed by atoms with van der Waals surface area (Å²) in [5.41, 5.74) is 7.93. The molecule has 1 amide bonds. The maximum absolute atomic E-state index is 12.3. The molecule has 6 heteroatoms. The predicted molar refractivity (Wildman–Crippen MR) is 113 cm³/mol. The second kappa shape index (κ2) is 8.56. The summed E-state index contributed by atoms with van der Waals surface area (Å²) in [5, 5.41) is 4.11. The third kappa shape index (κ3) is 4.11. The van der Waals surface area contributed by atoms with Crippen molar-refractivity contribution in [3.8, 4) is 5.69 Å². The molecule has 148 valence electrons. The number of esters is 1. The van der Waals surface area contributed by atoms with Crippen LogP contribution in [0.4, 0.5) is 0 Å². The minimum atomic E-state index is -0.395. The molecule has 0 aliphatic carbocycles. The zero-order valence-corrected chi connectivity index (χ0v) is 16.9. The lowest BCUT2D eigenvalue weighted by Gasteiger charge is -2.13. The Morgan fingerprint density at radius 2 is 1.66 bits per heavy atom. The van der Waals surface area contributed by atoms with Crippen LogP contribution < -0.4 is 5.43 Å². The van der Waals surface area contributed by atoms with E-state index in [0.29, 0.717) is 11.1 Å². The van der Waals surface area contributed by atoms with Crippen LogP contribution in [0, 0.1) is 20.8 Å². The molecule has 6 nitrogen and oxygen atoms in total. The first-order valence-electron chi connectivity index (χ1n) is 9.19. The minimum absolute atomic E-state index is 0.260. The SMILES string of the molecule is COC(=O)c1ccccc1-n1c(C)cc(/C=N/NC(=O)c2ccccc2C)c1C. The van der Waals surface area contributed by atoms with Crippen molar-refractivity contribution in [2.45, 2.75) is 20.8 Å². The van der Waals surface area contributed by atoms with Gasteiger partial charge in [-0.2, -0.15) is 5.10 Å². The van der Waals surface area contributed by atoms with Crippen LogP contribution in [0.3, 0.4) is 0 Å². The molecule has 0 saturated heterocycles. The largest absolute Gasteiger partial charge is 0.465 e. The van der Waals surface area contributed by atoms with E-state index < -0.39 is 5.97 Å². The molecular weight excluding hydrogens is 366 g/mol. The predicted octanol–water partition coefficient (Wildman–Crippen LogP) is 3.95. The maximum atomic E-state index is 12.3. The summed E-state index contributed by atoms with van der Waals surface area (Å²) >= 11 is 0. The quantitative estimate of drug-likeness (QED) is 0.408. The molecule has 0 atom stereocenters. The summed E-state index contributed by atoms with van der Waals surface area (Å²) in [4.78, 5) is 24.4. The summed E-state index contributed by atoms with van der Waals surface area (Å²) in [6.45, 7) is 5.76. The zero-order valence-electron chi connectivity index (χ0n) is 16.9. The van der Waals surface area contributed by atoms with Gasteiger partial charge in [-0.1, -0.05) is 30.3 Å². The van der Waals surface area contributed by atoms with Crippen LogP contribution in [0.2, 0.25) is 0 Å². The number of para-hydroxylation sites is 1. The van der Waals surface area contributed by atoms with Crippen LogP contribution >= 0.6 is 0 Å². The van der Waals surface area contributed by atoms with Gasteiger partial charge >= 0.3 is 5.97 Å². The molecule has 1 N–H and O–H groups in total. The molecule has 1 aromatic heterocycles. The first-order valence-corrected chi connectivity index (χ1v) is 9.19. The molecule has 0 aliphatic heterocycles. The molecule has 0 spiro atoms. The Balaban J connectivity index is 1.88. The Morgan fingerprint density at radius 1 is 1.00 bits per heavy atom. The number of methoxy groups -OCH3 is 1. The molecule has 0 fully saturated rings. The summed E-state index contributed by atoms with van der Waals surface area (Å²) in [7, 11) is 1.36. The summed E-state index contributed by atoms with van der Waals surface area (Å²) < 4.78 is 6.87. The van der Waals surface area contributed by atoms with Gasteiger partial charge in [-0.3, -0.25) is 4.79 Å². The number of rotatable bonds is 5. The fourth-order valence-electron chi connectivity index (χ4n) is 3.29. The number of carbonyl (C=O) groups excluding carboxylic acids is 2. The number of amides is 1. The lowest BCUT2D eigenvalue weighted by atomic mass is 10.1. The van der Waals surface area contributed by atoms with Crippen molar-refractivity contribution in [1.29, 1.82) is 0 Å². The van der Waals surface area contributed by atoms with Gasteiger partial charge in [-0.15, -0.1) is 0 Å². The van der Waals surface area contributed by atoms with Crippen LogP contribution in [0.5, 0.6) is 0 Å². The third-order valence-corrected chi connectivity index (χ3v) is 4.78. The van der Waals surface area contributed by atoms with E-state index in [-0.39, 0.29) is 5.91 Å². The van der Waals surface area contributed by atoms with Gasteiger partial charge in [0.2, 0.25) is 0 Å². The number of benzene rings is 2. The van der Waals surface area contributed by atoms with Crippen LogP contribution in [0.1, 0.15) is 43.2 Å². The van der Waals surface area contributed by atoms with Gasteiger partial charge in [0, 0.05) is 22.5 Å². The van der Waals surface area contributed by atoms with Gasteiger partial charge in [0.05, 0.1) is 24.6 Å². The molecule has 0 bridgehead atoms. The lowest BCUT2D eigenvalue weighted by molar-refractivity contribution is 0.0600. The molecule has 3 rings (SSSR count). The van der Waals surface area contributed by atoms with E-state index in [1.807, 2.05) is 61.7 Å². The van der Waals surface area contributed by atoms with E-state index in [1.54, 1.807) is 24.4 Å². The van der Waals surface area contributed by atoms with Gasteiger partial charge in [0.1, 0.15) is 0 Å². The Hall–Kier alpha value is -3.67. The number of ether oxygens (including phenoxy) is 1. The lowest BCUT2D eigenvalue weighted by Crippen LogP contribution is -2.18. The second-order valence-electron chi connectivity index (χ2n) is 6.68. The fraction of sp³-hybridized carbons (Fsp3) is 0.174. The highest BCUT2D eigenvalue weighted by Crippen LogP contribution is 2.23. The number of hydrogen-bond donors (Lipinski definition) is 1. The topological polar surface area (TPSA) is 72.7 Å². The van der Waals surface area contributed by atoms with Crippen molar-refractivity contribution in [1.82, 2.24) is 9.99 Å². The van der Waals surface area contributed by atoms with E-state index in [0.717, 1.165) is 28.2 Å². The molecule has 2 aromatic carbocycles. The number of hydrazone groups is 1. The molecule has 0 unspecified atom stereocenters. The summed E-state index contributed by atoms with van der Waals surface area (Å²) in [6.07, 6.45) is 1.61. The Morgan fingerprint density at radius 3 is 2.34 bits per heavy atom. The van der Waals surface area contributed by atoms with Crippen molar-refractivity contribution >= 4 is 18.1 Å². The number of nitrogens with zero attached hydrogens (tertiary/aromatic N) is 2. The van der Waals surface area contributed by atoms with Crippen LogP contribution in [0.25, 0.3) is 5.69 Å². The summed E-state index contributed by atoms with van der Waals surface area (Å²) in [6, 6.07) is 16.6. The molecule has 0 radical (unpaired) electrons. The highest BCUT2D eigenvalue weighted by atomic mass is 16.5. The van der Waals surface area contributed by atoms with E-state index in [1.165, 1.54) is 7.11 Å². The van der Waals surface area contributed by atoms with Crippen molar-refractivity contribution in [2.75, 3.05) is 7.11 Å². The highest BCUT2D eigenvalue weighted by Gasteiger charge is 2.17. The standard InChI is InChI=1S/C23H23N3O3/c1-15-9-5-6-10-19(15)22(27)25-24-14-18-13-16(2)26(17(18)3)21-12-8-7-11-20(21)23(28)29-4/h5-14H,1-4H3,(H,25,27)/b24-14+. The van der Waals surface area contributed by atoms with E-state index in [2.05, 4.69) is 10.5 Å². The Labute approximate surface area is 169 Å². The monoisotopic (exact) mass is 389 g/mol. The van der Waals surface area contributed by atoms with E-state index in [4.69, 9.17) is 4.74 Å². The minimum Gasteiger partial charge on any atom is -0.465 e. The van der Waals surface area contributed by atoms with Crippen LogP contribution in [-0.4, -0.2) is 29.8 Å². The van der Waals surface area contributed by atoms with Crippen LogP contribution in [0.15, 0.2) is 59.7 Å². The molecular formula is C23H23N3O3. The van der Waals surface area contributed by atoms with E-state index >= 15 is 0 Å². The van der Waals surface area contributed by atoms with Gasteiger partial charge in [0.25, 0.3) is 5.91 Å². The van der Waals surface area contributed by atoms with Gasteiger partial charge < -0.3 is 9.30 Å². The molecule has 29 heavy (non-hydrogen) atoms. The van der Waals surface area contributed by atoms with Gasteiger partial charge in [-0.05, 0) is 50.6 Å². The first kappa shape index (κ1) is 20.1. The van der Waals surface area contributed by atoms with Crippen molar-refractivity contribution in [2.24, 2.45) is 5.10 Å². The normalized spacial score (nSPS) is 10.9. The maximum Gasteiger partial charge on any atom is 0.339 e. The van der Waals surface area contributed by atoms with Gasteiger partial charge in [0.15, 0.2) is 0 Å². The smallest absolute Gasteiger partial charge is 0.339 e. The fourth-order valence-corrected chi connectivity index (χ4v) is 3.29. The molecule has 3 aromatic rings. The van der Waals surface area contributed by atoms with Gasteiger partial charge in [-0.25, -0.2) is 10.2 Å². The number of aryl methyl sites for hydroxylation is 2. The number of nitrogens with one attached hydrogen (secondary N) is 1. The Kier molecular flexibility index (Phi) is 5.93. The Bertz CT molecular complexity index is 1100. The highest BCUT2D eigenvalue weighted by molar-refractivity contribution is 5.96. The van der Waals surface area contributed by atoms with E-state index in [9.17, 15) is 9.59 Å². The average molecular weight is 389 g/mol. The second-order valence-corrected chi connectivity index (χ2v) is 6.68. The van der Waals surface area contributed by atoms with Crippen molar-refractivity contribution in [3.05, 3.63) is 88.2 Å². The first-order chi connectivity index (χ1) is 13.9. The van der Waals surface area contributed by atoms with Crippen molar-refractivity contribution < 1.29 is 14.3 Å². The number of hydrogen-bond acceptors (Lipinski definition) is 4. The molecule has 0 saturated carbocycles. The molecule has 1 heterocycles. The number of carbonyl (C=O) groups is 2. The average Bonchev–Trinajstić information content (AvgIpc) is 3.00. The summed E-state index contributed by atoms with van der Waals surface area (Å²) in [5.74, 6) is -0.655. The van der Waals surface area contributed by atoms with Crippen LogP contribution in [-0.2, 0) is 4.74 Å². The third-order valence-electron chi connectivity index (χ3n) is 4.78. The molecule has 0 aliphatic rings. The number of aromatic nitrogens is 1.